The van der Waals surface area contributed by atoms with Gasteiger partial charge in [0.05, 0.1) is 6.10 Å². The van der Waals surface area contributed by atoms with E-state index in [-0.39, 0.29) is 12.5 Å². The molecule has 0 aromatic heterocycles. The maximum absolute atomic E-state index is 10.6. The molecule has 0 bridgehead atoms. The summed E-state index contributed by atoms with van der Waals surface area (Å²) in [5.41, 5.74) is 0.551. The van der Waals surface area contributed by atoms with Crippen LogP contribution >= 0.6 is 23.2 Å². The van der Waals surface area contributed by atoms with E-state index >= 15 is 0 Å². The fourth-order valence-corrected chi connectivity index (χ4v) is 1.66. The van der Waals surface area contributed by atoms with Gasteiger partial charge < -0.3 is 10.4 Å². The van der Waals surface area contributed by atoms with Gasteiger partial charge >= 0.3 is 0 Å². The highest BCUT2D eigenvalue weighted by molar-refractivity contribution is 6.35. The molecule has 0 radical (unpaired) electrons. The van der Waals surface area contributed by atoms with Gasteiger partial charge in [-0.3, -0.25) is 4.79 Å². The zero-order valence-electron chi connectivity index (χ0n) is 8.13. The maximum atomic E-state index is 10.6. The Morgan fingerprint density at radius 3 is 2.73 bits per heavy atom. The summed E-state index contributed by atoms with van der Waals surface area (Å²) in [5, 5.41) is 13.1. The predicted molar refractivity (Wildman–Crippen MR) is 60.1 cm³/mol. The van der Waals surface area contributed by atoms with E-state index in [2.05, 4.69) is 5.32 Å². The van der Waals surface area contributed by atoms with Crippen LogP contribution in [-0.2, 0) is 4.79 Å². The largest absolute Gasteiger partial charge is 0.387 e. The lowest BCUT2D eigenvalue weighted by molar-refractivity contribution is -0.119. The Hall–Kier alpha value is -0.770. The Labute approximate surface area is 98.0 Å². The highest BCUT2D eigenvalue weighted by atomic mass is 35.5. The molecular formula is C10H11Cl2NO2. The SMILES string of the molecule is CC(=O)NCC(O)c1ccc(Cl)cc1Cl. The normalized spacial score (nSPS) is 12.3. The van der Waals surface area contributed by atoms with E-state index in [1.54, 1.807) is 18.2 Å². The number of carbonyl (C=O) groups excluding carboxylic acids is 1. The molecule has 82 valence electrons. The van der Waals surface area contributed by atoms with E-state index in [0.717, 1.165) is 0 Å². The Kier molecular flexibility index (Phi) is 4.39. The first-order valence-electron chi connectivity index (χ1n) is 4.38. The second-order valence-electron chi connectivity index (χ2n) is 3.12. The average molecular weight is 248 g/mol. The molecule has 1 atom stereocenters. The van der Waals surface area contributed by atoms with Gasteiger partial charge in [0.25, 0.3) is 0 Å². The van der Waals surface area contributed by atoms with Gasteiger partial charge in [-0.1, -0.05) is 29.3 Å². The van der Waals surface area contributed by atoms with Crippen LogP contribution < -0.4 is 5.32 Å². The summed E-state index contributed by atoms with van der Waals surface area (Å²) in [6.07, 6.45) is -0.821. The topological polar surface area (TPSA) is 49.3 Å². The highest BCUT2D eigenvalue weighted by Crippen LogP contribution is 2.25. The van der Waals surface area contributed by atoms with Crippen LogP contribution in [0.25, 0.3) is 0 Å². The van der Waals surface area contributed by atoms with E-state index in [1.165, 1.54) is 6.92 Å². The minimum absolute atomic E-state index is 0.136. The molecular weight excluding hydrogens is 237 g/mol. The van der Waals surface area contributed by atoms with Gasteiger partial charge in [0.2, 0.25) is 5.91 Å². The lowest BCUT2D eigenvalue weighted by Gasteiger charge is -2.12. The summed E-state index contributed by atoms with van der Waals surface area (Å²) in [6, 6.07) is 4.83. The summed E-state index contributed by atoms with van der Waals surface area (Å²) < 4.78 is 0. The third-order valence-corrected chi connectivity index (χ3v) is 2.43. The van der Waals surface area contributed by atoms with Crippen molar-refractivity contribution in [2.24, 2.45) is 0 Å². The van der Waals surface area contributed by atoms with Crippen LogP contribution in [-0.4, -0.2) is 17.6 Å². The van der Waals surface area contributed by atoms with Crippen molar-refractivity contribution >= 4 is 29.1 Å². The van der Waals surface area contributed by atoms with Crippen LogP contribution in [0.3, 0.4) is 0 Å². The van der Waals surface area contributed by atoms with Crippen molar-refractivity contribution in [1.82, 2.24) is 5.32 Å². The minimum atomic E-state index is -0.821. The quantitative estimate of drug-likeness (QED) is 0.861. The monoisotopic (exact) mass is 247 g/mol. The van der Waals surface area contributed by atoms with Gasteiger partial charge in [0, 0.05) is 29.1 Å². The Morgan fingerprint density at radius 2 is 2.20 bits per heavy atom. The molecule has 5 heteroatoms. The van der Waals surface area contributed by atoms with E-state index in [1.807, 2.05) is 0 Å². The molecule has 1 unspecified atom stereocenters. The van der Waals surface area contributed by atoms with Gasteiger partial charge in [-0.2, -0.15) is 0 Å². The van der Waals surface area contributed by atoms with Crippen molar-refractivity contribution in [3.63, 3.8) is 0 Å². The van der Waals surface area contributed by atoms with E-state index in [9.17, 15) is 9.90 Å². The number of hydrogen-bond donors (Lipinski definition) is 2. The van der Waals surface area contributed by atoms with Crippen LogP contribution in [0.4, 0.5) is 0 Å². The van der Waals surface area contributed by atoms with Crippen molar-refractivity contribution in [1.29, 1.82) is 0 Å². The molecule has 1 aromatic carbocycles. The summed E-state index contributed by atoms with van der Waals surface area (Å²) >= 11 is 11.6. The molecule has 3 nitrogen and oxygen atoms in total. The van der Waals surface area contributed by atoms with Crippen molar-refractivity contribution in [3.05, 3.63) is 33.8 Å². The number of aliphatic hydroxyl groups is 1. The van der Waals surface area contributed by atoms with Gasteiger partial charge in [0.15, 0.2) is 0 Å². The molecule has 2 N–H and O–H groups in total. The average Bonchev–Trinajstić information content (AvgIpc) is 2.14. The summed E-state index contributed by atoms with van der Waals surface area (Å²) in [5.74, 6) is -0.195. The van der Waals surface area contributed by atoms with Crippen molar-refractivity contribution in [3.8, 4) is 0 Å². The molecule has 0 aliphatic heterocycles. The smallest absolute Gasteiger partial charge is 0.216 e. The second kappa shape index (κ2) is 5.35. The Balaban J connectivity index is 2.73. The fraction of sp³-hybridized carbons (Fsp3) is 0.300. The third kappa shape index (κ3) is 3.70. The Morgan fingerprint density at radius 1 is 1.53 bits per heavy atom. The number of hydrogen-bond acceptors (Lipinski definition) is 2. The fourth-order valence-electron chi connectivity index (χ4n) is 1.12. The molecule has 0 spiro atoms. The van der Waals surface area contributed by atoms with Crippen molar-refractivity contribution in [2.75, 3.05) is 6.54 Å². The van der Waals surface area contributed by atoms with Crippen LogP contribution in [0.15, 0.2) is 18.2 Å². The van der Waals surface area contributed by atoms with Gasteiger partial charge in [-0.25, -0.2) is 0 Å². The summed E-state index contributed by atoms with van der Waals surface area (Å²) in [6.45, 7) is 1.52. The number of halogens is 2. The van der Waals surface area contributed by atoms with Crippen molar-refractivity contribution < 1.29 is 9.90 Å². The van der Waals surface area contributed by atoms with Crippen LogP contribution in [0.5, 0.6) is 0 Å². The molecule has 0 fully saturated rings. The van der Waals surface area contributed by atoms with Crippen LogP contribution in [0.2, 0.25) is 10.0 Å². The zero-order valence-corrected chi connectivity index (χ0v) is 9.64. The number of carbonyl (C=O) groups is 1. The molecule has 0 saturated carbocycles. The van der Waals surface area contributed by atoms with E-state index in [4.69, 9.17) is 23.2 Å². The maximum Gasteiger partial charge on any atom is 0.216 e. The van der Waals surface area contributed by atoms with Gasteiger partial charge in [-0.15, -0.1) is 0 Å². The molecule has 1 amide bonds. The standard InChI is InChI=1S/C10H11Cl2NO2/c1-6(14)13-5-10(15)8-3-2-7(11)4-9(8)12/h2-4,10,15H,5H2,1H3,(H,13,14). The molecule has 15 heavy (non-hydrogen) atoms. The number of rotatable bonds is 3. The first-order chi connectivity index (χ1) is 7.00. The van der Waals surface area contributed by atoms with Gasteiger partial charge in [-0.05, 0) is 12.1 Å². The molecule has 0 heterocycles. The van der Waals surface area contributed by atoms with Crippen molar-refractivity contribution in [2.45, 2.75) is 13.0 Å². The Bertz CT molecular complexity index is 368. The minimum Gasteiger partial charge on any atom is -0.387 e. The first-order valence-corrected chi connectivity index (χ1v) is 5.13. The predicted octanol–water partition coefficient (Wildman–Crippen LogP) is 2.16. The lowest BCUT2D eigenvalue weighted by atomic mass is 10.1. The zero-order chi connectivity index (χ0) is 11.4. The summed E-state index contributed by atoms with van der Waals surface area (Å²) in [7, 11) is 0. The molecule has 1 rings (SSSR count). The van der Waals surface area contributed by atoms with E-state index in [0.29, 0.717) is 15.6 Å². The van der Waals surface area contributed by atoms with Crippen LogP contribution in [0.1, 0.15) is 18.6 Å². The number of benzene rings is 1. The molecule has 1 aromatic rings. The van der Waals surface area contributed by atoms with E-state index < -0.39 is 6.10 Å². The third-order valence-electron chi connectivity index (χ3n) is 1.87. The number of nitrogens with one attached hydrogen (secondary N) is 1. The number of aliphatic hydroxyl groups excluding tert-OH is 1. The highest BCUT2D eigenvalue weighted by Gasteiger charge is 2.11. The number of amides is 1. The second-order valence-corrected chi connectivity index (χ2v) is 3.96. The molecule has 0 aliphatic carbocycles. The first kappa shape index (κ1) is 12.3. The van der Waals surface area contributed by atoms with Crippen LogP contribution in [0, 0.1) is 0 Å². The summed E-state index contributed by atoms with van der Waals surface area (Å²) in [4.78, 5) is 10.6. The molecule has 0 aliphatic rings. The van der Waals surface area contributed by atoms with Gasteiger partial charge in [0.1, 0.15) is 0 Å². The molecule has 0 saturated heterocycles. The lowest BCUT2D eigenvalue weighted by Crippen LogP contribution is -2.25.